The highest BCUT2D eigenvalue weighted by Crippen LogP contribution is 2.17. The maximum atomic E-state index is 2.34. The van der Waals surface area contributed by atoms with Crippen LogP contribution in [0.2, 0.25) is 0 Å². The fourth-order valence-corrected chi connectivity index (χ4v) is 1.55. The predicted octanol–water partition coefficient (Wildman–Crippen LogP) is 4.01. The predicted molar refractivity (Wildman–Crippen MR) is 59.1 cm³/mol. The lowest BCUT2D eigenvalue weighted by atomic mass is 9.97. The van der Waals surface area contributed by atoms with Crippen LogP contribution in [-0.4, -0.2) is 0 Å². The fourth-order valence-electron chi connectivity index (χ4n) is 1.55. The van der Waals surface area contributed by atoms with Crippen molar-refractivity contribution in [3.63, 3.8) is 0 Å². The second kappa shape index (κ2) is 4.45. The molecule has 0 radical (unpaired) electrons. The molecule has 0 saturated heterocycles. The van der Waals surface area contributed by atoms with Gasteiger partial charge in [-0.1, -0.05) is 52.0 Å². The van der Waals surface area contributed by atoms with E-state index in [-0.39, 0.29) is 0 Å². The average molecular weight is 176 g/mol. The van der Waals surface area contributed by atoms with Crippen LogP contribution in [0.25, 0.3) is 0 Å². The summed E-state index contributed by atoms with van der Waals surface area (Å²) in [4.78, 5) is 0. The Bertz CT molecular complexity index is 258. The van der Waals surface area contributed by atoms with Crippen LogP contribution < -0.4 is 0 Å². The minimum absolute atomic E-state index is 0.645. The van der Waals surface area contributed by atoms with Gasteiger partial charge in [-0.15, -0.1) is 0 Å². The van der Waals surface area contributed by atoms with Crippen LogP contribution in [-0.2, 0) is 6.42 Å². The molecular formula is C13H20. The van der Waals surface area contributed by atoms with Gasteiger partial charge in [0, 0.05) is 0 Å². The molecule has 0 heterocycles. The lowest BCUT2D eigenvalue weighted by molar-refractivity contribution is 0.646. The summed E-state index contributed by atoms with van der Waals surface area (Å²) in [6.07, 6.45) is 1.20. The molecule has 0 unspecified atom stereocenters. The summed E-state index contributed by atoms with van der Waals surface area (Å²) in [5.74, 6) is 1.40. The van der Waals surface area contributed by atoms with Crippen LogP contribution >= 0.6 is 0 Å². The lowest BCUT2D eigenvalue weighted by Gasteiger charge is -2.09. The van der Waals surface area contributed by atoms with Crippen molar-refractivity contribution in [2.75, 3.05) is 0 Å². The summed E-state index contributed by atoms with van der Waals surface area (Å²) in [7, 11) is 0. The molecule has 0 aliphatic rings. The third kappa shape index (κ3) is 3.22. The molecular weight excluding hydrogens is 156 g/mol. The van der Waals surface area contributed by atoms with Gasteiger partial charge in [0.25, 0.3) is 0 Å². The lowest BCUT2D eigenvalue weighted by Crippen LogP contribution is -1.95. The molecule has 0 aliphatic heterocycles. The van der Waals surface area contributed by atoms with E-state index in [2.05, 4.69) is 52.0 Å². The molecule has 72 valence electrons. The van der Waals surface area contributed by atoms with Crippen LogP contribution in [0.15, 0.2) is 24.3 Å². The van der Waals surface area contributed by atoms with E-state index < -0.39 is 0 Å². The summed E-state index contributed by atoms with van der Waals surface area (Å²) < 4.78 is 0. The minimum Gasteiger partial charge on any atom is -0.0625 e. The first-order valence-electron chi connectivity index (χ1n) is 5.18. The third-order valence-electron chi connectivity index (χ3n) is 2.26. The van der Waals surface area contributed by atoms with Gasteiger partial charge in [-0.05, 0) is 29.4 Å². The Balaban J connectivity index is 2.79. The standard InChI is InChI=1S/C13H20/c1-10(2)8-12-6-5-7-13(9-12)11(3)4/h5-7,9-11H,8H2,1-4H3. The van der Waals surface area contributed by atoms with E-state index in [1.807, 2.05) is 0 Å². The van der Waals surface area contributed by atoms with Gasteiger partial charge in [0.2, 0.25) is 0 Å². The molecule has 1 rings (SSSR count). The highest BCUT2D eigenvalue weighted by molar-refractivity contribution is 5.25. The average Bonchev–Trinajstić information content (AvgIpc) is 2.03. The number of rotatable bonds is 3. The molecule has 13 heavy (non-hydrogen) atoms. The van der Waals surface area contributed by atoms with Gasteiger partial charge in [0.05, 0.1) is 0 Å². The molecule has 0 spiro atoms. The Morgan fingerprint density at radius 2 is 1.77 bits per heavy atom. The van der Waals surface area contributed by atoms with Crippen molar-refractivity contribution in [3.8, 4) is 0 Å². The maximum Gasteiger partial charge on any atom is -0.0219 e. The Kier molecular flexibility index (Phi) is 3.53. The first-order valence-corrected chi connectivity index (χ1v) is 5.18. The summed E-state index contributed by atoms with van der Waals surface area (Å²) in [6.45, 7) is 9.02. The zero-order chi connectivity index (χ0) is 9.84. The topological polar surface area (TPSA) is 0 Å². The van der Waals surface area contributed by atoms with Crippen molar-refractivity contribution in [3.05, 3.63) is 35.4 Å². The smallest absolute Gasteiger partial charge is 0.0219 e. The molecule has 0 atom stereocenters. The van der Waals surface area contributed by atoms with Gasteiger partial charge < -0.3 is 0 Å². The zero-order valence-electron chi connectivity index (χ0n) is 9.17. The molecule has 0 N–H and O–H groups in total. The van der Waals surface area contributed by atoms with E-state index in [4.69, 9.17) is 0 Å². The van der Waals surface area contributed by atoms with E-state index in [0.29, 0.717) is 5.92 Å². The minimum atomic E-state index is 0.645. The molecule has 0 aromatic heterocycles. The molecule has 1 aromatic carbocycles. The highest BCUT2D eigenvalue weighted by atomic mass is 14.1. The quantitative estimate of drug-likeness (QED) is 0.652. The van der Waals surface area contributed by atoms with Crippen LogP contribution in [0.3, 0.4) is 0 Å². The molecule has 0 bridgehead atoms. The first-order chi connectivity index (χ1) is 6.09. The van der Waals surface area contributed by atoms with E-state index in [1.54, 1.807) is 0 Å². The van der Waals surface area contributed by atoms with E-state index in [9.17, 15) is 0 Å². The SMILES string of the molecule is CC(C)Cc1cccc(C(C)C)c1. The normalized spacial score (nSPS) is 11.2. The third-order valence-corrected chi connectivity index (χ3v) is 2.26. The van der Waals surface area contributed by atoms with Gasteiger partial charge in [0.15, 0.2) is 0 Å². The van der Waals surface area contributed by atoms with Crippen molar-refractivity contribution in [1.82, 2.24) is 0 Å². The Morgan fingerprint density at radius 3 is 2.31 bits per heavy atom. The fraction of sp³-hybridized carbons (Fsp3) is 0.538. The molecule has 0 aliphatic carbocycles. The monoisotopic (exact) mass is 176 g/mol. The molecule has 0 amide bonds. The maximum absolute atomic E-state index is 2.34. The summed E-state index contributed by atoms with van der Waals surface area (Å²) in [5.41, 5.74) is 2.93. The van der Waals surface area contributed by atoms with Crippen molar-refractivity contribution >= 4 is 0 Å². The first kappa shape index (κ1) is 10.3. The Morgan fingerprint density at radius 1 is 1.08 bits per heavy atom. The largest absolute Gasteiger partial charge is 0.0625 e. The number of hydrogen-bond donors (Lipinski definition) is 0. The van der Waals surface area contributed by atoms with Crippen LogP contribution in [0, 0.1) is 5.92 Å². The van der Waals surface area contributed by atoms with Gasteiger partial charge in [-0.3, -0.25) is 0 Å². The van der Waals surface area contributed by atoms with Gasteiger partial charge in [-0.2, -0.15) is 0 Å². The van der Waals surface area contributed by atoms with Crippen molar-refractivity contribution in [2.24, 2.45) is 5.92 Å². The van der Waals surface area contributed by atoms with Crippen LogP contribution in [0.4, 0.5) is 0 Å². The summed E-state index contributed by atoms with van der Waals surface area (Å²) >= 11 is 0. The van der Waals surface area contributed by atoms with Crippen LogP contribution in [0.1, 0.15) is 44.7 Å². The molecule has 1 aromatic rings. The van der Waals surface area contributed by atoms with Gasteiger partial charge >= 0.3 is 0 Å². The zero-order valence-corrected chi connectivity index (χ0v) is 9.17. The van der Waals surface area contributed by atoms with Crippen molar-refractivity contribution < 1.29 is 0 Å². The van der Waals surface area contributed by atoms with Gasteiger partial charge in [-0.25, -0.2) is 0 Å². The number of hydrogen-bond acceptors (Lipinski definition) is 0. The molecule has 0 fully saturated rings. The van der Waals surface area contributed by atoms with E-state index >= 15 is 0 Å². The number of benzene rings is 1. The summed E-state index contributed by atoms with van der Waals surface area (Å²) in [5, 5.41) is 0. The molecule has 0 saturated carbocycles. The van der Waals surface area contributed by atoms with Crippen molar-refractivity contribution in [2.45, 2.75) is 40.0 Å². The molecule has 0 heteroatoms. The molecule has 0 nitrogen and oxygen atoms in total. The van der Waals surface area contributed by atoms with E-state index in [1.165, 1.54) is 17.5 Å². The summed E-state index contributed by atoms with van der Waals surface area (Å²) in [6, 6.07) is 8.96. The Hall–Kier alpha value is -0.780. The second-order valence-corrected chi connectivity index (χ2v) is 4.50. The van der Waals surface area contributed by atoms with Crippen LogP contribution in [0.5, 0.6) is 0 Å². The Labute approximate surface area is 82.0 Å². The second-order valence-electron chi connectivity index (χ2n) is 4.50. The van der Waals surface area contributed by atoms with E-state index in [0.717, 1.165) is 5.92 Å². The highest BCUT2D eigenvalue weighted by Gasteiger charge is 2.01. The van der Waals surface area contributed by atoms with Gasteiger partial charge in [0.1, 0.15) is 0 Å². The van der Waals surface area contributed by atoms with Crippen molar-refractivity contribution in [1.29, 1.82) is 0 Å².